The van der Waals surface area contributed by atoms with Crippen LogP contribution < -0.4 is 5.32 Å². The maximum absolute atomic E-state index is 13.5. The zero-order valence-corrected chi connectivity index (χ0v) is 33.4. The Bertz CT molecular complexity index is 1000. The SMILES string of the molecule is CCCCCCCCCCC[C@@H](C)CC(=O)NC1[C@@H](OCc2ccccc2)OC(CO)[C@@H](C)[C@@H]1OC(=O)C[C@H](C)CCCCCCCCCCC. The molecule has 2 unspecified atom stereocenters. The fourth-order valence-electron chi connectivity index (χ4n) is 7.37. The van der Waals surface area contributed by atoms with Gasteiger partial charge in [-0.2, -0.15) is 0 Å². The lowest BCUT2D eigenvalue weighted by molar-refractivity contribution is -0.262. The number of esters is 1. The van der Waals surface area contributed by atoms with Crippen molar-refractivity contribution in [2.24, 2.45) is 17.8 Å². The molecule has 1 aromatic carbocycles. The summed E-state index contributed by atoms with van der Waals surface area (Å²) in [5.41, 5.74) is 0.971. The minimum atomic E-state index is -0.868. The fourth-order valence-corrected chi connectivity index (χ4v) is 7.37. The van der Waals surface area contributed by atoms with Crippen LogP contribution in [-0.2, 0) is 30.4 Å². The third-order valence-corrected chi connectivity index (χ3v) is 10.7. The van der Waals surface area contributed by atoms with E-state index in [1.54, 1.807) is 0 Å². The fraction of sp³-hybridized carbons (Fsp3) is 0.818. The van der Waals surface area contributed by atoms with Crippen LogP contribution in [0.15, 0.2) is 30.3 Å². The van der Waals surface area contributed by atoms with E-state index >= 15 is 0 Å². The van der Waals surface area contributed by atoms with Crippen molar-refractivity contribution in [3.05, 3.63) is 35.9 Å². The molecular weight excluding hydrogens is 638 g/mol. The summed E-state index contributed by atoms with van der Waals surface area (Å²) in [6.45, 7) is 10.7. The molecule has 0 spiro atoms. The Balaban J connectivity index is 1.95. The normalized spacial score (nSPS) is 21.6. The number of benzene rings is 1. The van der Waals surface area contributed by atoms with E-state index in [1.807, 2.05) is 37.3 Å². The van der Waals surface area contributed by atoms with Gasteiger partial charge < -0.3 is 24.6 Å². The quantitative estimate of drug-likeness (QED) is 0.0608. The molecular formula is C44H77NO6. The predicted molar refractivity (Wildman–Crippen MR) is 209 cm³/mol. The Hall–Kier alpha value is -1.96. The first-order valence-corrected chi connectivity index (χ1v) is 21.2. The molecule has 0 bridgehead atoms. The van der Waals surface area contributed by atoms with E-state index in [-0.39, 0.29) is 42.8 Å². The zero-order valence-electron chi connectivity index (χ0n) is 33.4. The van der Waals surface area contributed by atoms with Gasteiger partial charge in [-0.3, -0.25) is 9.59 Å². The molecule has 0 saturated carbocycles. The van der Waals surface area contributed by atoms with Gasteiger partial charge in [-0.25, -0.2) is 0 Å². The summed E-state index contributed by atoms with van der Waals surface area (Å²) in [5.74, 6) is -0.226. The van der Waals surface area contributed by atoms with Gasteiger partial charge in [0.25, 0.3) is 0 Å². The van der Waals surface area contributed by atoms with Crippen molar-refractivity contribution in [2.75, 3.05) is 6.61 Å². The highest BCUT2D eigenvalue weighted by molar-refractivity contribution is 5.76. The number of aliphatic hydroxyl groups excluding tert-OH is 1. The number of amides is 1. The number of rotatable bonds is 30. The molecule has 0 aliphatic carbocycles. The van der Waals surface area contributed by atoms with E-state index in [1.165, 1.54) is 103 Å². The van der Waals surface area contributed by atoms with Crippen LogP contribution in [0.1, 0.15) is 181 Å². The molecule has 1 saturated heterocycles. The van der Waals surface area contributed by atoms with Gasteiger partial charge in [0.2, 0.25) is 5.91 Å². The molecule has 0 aromatic heterocycles. The Labute approximate surface area is 312 Å². The van der Waals surface area contributed by atoms with Gasteiger partial charge in [0.1, 0.15) is 12.1 Å². The van der Waals surface area contributed by atoms with Crippen LogP contribution in [0.3, 0.4) is 0 Å². The molecule has 7 nitrogen and oxygen atoms in total. The van der Waals surface area contributed by atoms with Crippen LogP contribution in [-0.4, -0.2) is 48.1 Å². The third kappa shape index (κ3) is 20.2. The largest absolute Gasteiger partial charge is 0.460 e. The van der Waals surface area contributed by atoms with Gasteiger partial charge in [-0.05, 0) is 17.4 Å². The standard InChI is InChI=1S/C44H77NO6/c1-6-8-10-12-14-16-18-20-23-27-35(3)31-40(47)45-42-43(37(5)39(33-46)50-44(42)49-34-38-29-25-22-26-30-38)51-41(48)32-36(4)28-24-21-19-17-15-13-11-9-7-2/h22,25-26,29-30,35-37,39,42-44,46H,6-21,23-24,27-28,31-34H2,1-5H3,(H,45,47)/t35-,36-,37-,39?,42?,43+,44+/m1/s1. The first-order chi connectivity index (χ1) is 24.8. The number of hydrogen-bond acceptors (Lipinski definition) is 6. The van der Waals surface area contributed by atoms with Crippen LogP contribution in [0, 0.1) is 17.8 Å². The summed E-state index contributed by atoms with van der Waals surface area (Å²) in [5, 5.41) is 13.4. The van der Waals surface area contributed by atoms with E-state index in [0.717, 1.165) is 31.2 Å². The minimum absolute atomic E-state index is 0.0882. The minimum Gasteiger partial charge on any atom is -0.460 e. The summed E-state index contributed by atoms with van der Waals surface area (Å²) in [7, 11) is 0. The van der Waals surface area contributed by atoms with E-state index in [0.29, 0.717) is 12.8 Å². The summed E-state index contributed by atoms with van der Waals surface area (Å²) in [4.78, 5) is 26.9. The van der Waals surface area contributed by atoms with Crippen LogP contribution >= 0.6 is 0 Å². The topological polar surface area (TPSA) is 94.1 Å². The van der Waals surface area contributed by atoms with Gasteiger partial charge >= 0.3 is 5.97 Å². The van der Waals surface area contributed by atoms with E-state index in [9.17, 15) is 14.7 Å². The molecule has 7 atom stereocenters. The lowest BCUT2D eigenvalue weighted by Crippen LogP contribution is -2.63. The van der Waals surface area contributed by atoms with Crippen molar-refractivity contribution in [1.29, 1.82) is 0 Å². The molecule has 1 heterocycles. The highest BCUT2D eigenvalue weighted by Gasteiger charge is 2.47. The van der Waals surface area contributed by atoms with Crippen molar-refractivity contribution >= 4 is 11.9 Å². The second-order valence-electron chi connectivity index (χ2n) is 15.8. The summed E-state index contributed by atoms with van der Waals surface area (Å²) in [6, 6.07) is 9.12. The van der Waals surface area contributed by atoms with Crippen molar-refractivity contribution in [3.63, 3.8) is 0 Å². The first kappa shape index (κ1) is 45.2. The molecule has 0 radical (unpaired) electrons. The monoisotopic (exact) mass is 716 g/mol. The van der Waals surface area contributed by atoms with Gasteiger partial charge in [0.05, 0.1) is 19.3 Å². The van der Waals surface area contributed by atoms with E-state index in [4.69, 9.17) is 14.2 Å². The molecule has 1 aliphatic rings. The zero-order chi connectivity index (χ0) is 37.1. The third-order valence-electron chi connectivity index (χ3n) is 10.7. The number of hydrogen-bond donors (Lipinski definition) is 2. The predicted octanol–water partition coefficient (Wildman–Crippen LogP) is 10.8. The molecule has 51 heavy (non-hydrogen) atoms. The van der Waals surface area contributed by atoms with Crippen molar-refractivity contribution in [3.8, 4) is 0 Å². The van der Waals surface area contributed by atoms with E-state index < -0.39 is 24.5 Å². The lowest BCUT2D eigenvalue weighted by atomic mass is 9.88. The molecule has 294 valence electrons. The molecule has 1 fully saturated rings. The van der Waals surface area contributed by atoms with Crippen LogP contribution in [0.5, 0.6) is 0 Å². The summed E-state index contributed by atoms with van der Waals surface area (Å²) >= 11 is 0. The van der Waals surface area contributed by atoms with Gasteiger partial charge in [-0.15, -0.1) is 0 Å². The molecule has 1 amide bonds. The Morgan fingerprint density at radius 2 is 1.24 bits per heavy atom. The maximum Gasteiger partial charge on any atom is 0.306 e. The molecule has 1 aliphatic heterocycles. The number of nitrogens with one attached hydrogen (secondary N) is 1. The van der Waals surface area contributed by atoms with Crippen LogP contribution in [0.2, 0.25) is 0 Å². The summed E-state index contributed by atoms with van der Waals surface area (Å²) < 4.78 is 18.7. The Kier molecular flexibility index (Phi) is 25.3. The Morgan fingerprint density at radius 1 is 0.745 bits per heavy atom. The lowest BCUT2D eigenvalue weighted by Gasteiger charge is -2.45. The smallest absolute Gasteiger partial charge is 0.306 e. The number of carbonyl (C=O) groups excluding carboxylic acids is 2. The number of ether oxygens (including phenoxy) is 3. The second kappa shape index (κ2) is 28.5. The molecule has 2 rings (SSSR count). The molecule has 2 N–H and O–H groups in total. The molecule has 7 heteroatoms. The molecule has 1 aromatic rings. The van der Waals surface area contributed by atoms with Crippen LogP contribution in [0.4, 0.5) is 0 Å². The number of aliphatic hydroxyl groups is 1. The highest BCUT2D eigenvalue weighted by atomic mass is 16.7. The average molecular weight is 716 g/mol. The van der Waals surface area contributed by atoms with Crippen molar-refractivity contribution < 1.29 is 28.9 Å². The van der Waals surface area contributed by atoms with Gasteiger partial charge in [-0.1, -0.05) is 193 Å². The summed E-state index contributed by atoms with van der Waals surface area (Å²) in [6.07, 6.45) is 23.7. The maximum atomic E-state index is 13.5. The van der Waals surface area contributed by atoms with Crippen molar-refractivity contribution in [2.45, 2.75) is 207 Å². The average Bonchev–Trinajstić information content (AvgIpc) is 3.11. The first-order valence-electron chi connectivity index (χ1n) is 21.2. The number of carbonyl (C=O) groups is 2. The second-order valence-corrected chi connectivity index (χ2v) is 15.8. The van der Waals surface area contributed by atoms with Crippen LogP contribution in [0.25, 0.3) is 0 Å². The number of unbranched alkanes of at least 4 members (excludes halogenated alkanes) is 16. The van der Waals surface area contributed by atoms with Gasteiger partial charge in [0.15, 0.2) is 6.29 Å². The Morgan fingerprint density at radius 3 is 1.75 bits per heavy atom. The van der Waals surface area contributed by atoms with E-state index in [2.05, 4.69) is 33.0 Å². The highest BCUT2D eigenvalue weighted by Crippen LogP contribution is 2.31. The van der Waals surface area contributed by atoms with Gasteiger partial charge in [0, 0.05) is 18.8 Å². The van der Waals surface area contributed by atoms with Crippen molar-refractivity contribution in [1.82, 2.24) is 5.32 Å².